The molecule has 0 saturated carbocycles. The average molecular weight is 229 g/mol. The number of benzene rings is 1. The van der Waals surface area contributed by atoms with Gasteiger partial charge >= 0.3 is 0 Å². The lowest BCUT2D eigenvalue weighted by atomic mass is 10.1. The number of nitrogens with two attached hydrogens (primary N) is 1. The molecule has 0 fully saturated rings. The molecule has 0 unspecified atom stereocenters. The highest BCUT2D eigenvalue weighted by Gasteiger charge is 2.06. The van der Waals surface area contributed by atoms with Gasteiger partial charge in [0.05, 0.1) is 12.8 Å². The maximum atomic E-state index is 11.0. The molecule has 1 aromatic carbocycles. The fraction of sp³-hybridized carbons (Fsp3) is 0.0833. The molecule has 0 aliphatic heterocycles. The minimum Gasteiger partial charge on any atom is -0.497 e. The topological polar surface area (TPSA) is 78.1 Å². The second kappa shape index (κ2) is 4.61. The molecule has 0 spiro atoms. The zero-order valence-corrected chi connectivity index (χ0v) is 9.25. The summed E-state index contributed by atoms with van der Waals surface area (Å²) in [5, 5.41) is 0. The molecule has 0 atom stereocenters. The van der Waals surface area contributed by atoms with Crippen LogP contribution in [0.2, 0.25) is 0 Å². The molecular weight excluding hydrogens is 218 g/mol. The van der Waals surface area contributed by atoms with Gasteiger partial charge in [0.15, 0.2) is 0 Å². The SMILES string of the molecule is COc1ccc(-c2ccnc(C(N)=O)n2)cc1. The summed E-state index contributed by atoms with van der Waals surface area (Å²) < 4.78 is 5.06. The molecule has 0 radical (unpaired) electrons. The minimum absolute atomic E-state index is 0.0123. The standard InChI is InChI=1S/C12H11N3O2/c1-17-9-4-2-8(3-5-9)10-6-7-14-12(15-10)11(13)16/h2-7H,1H3,(H2,13,16). The Hall–Kier alpha value is -2.43. The number of nitrogens with zero attached hydrogens (tertiary/aromatic N) is 2. The molecule has 2 N–H and O–H groups in total. The van der Waals surface area contributed by atoms with Crippen LogP contribution >= 0.6 is 0 Å². The number of primary amides is 1. The van der Waals surface area contributed by atoms with Gasteiger partial charge in [0, 0.05) is 11.8 Å². The van der Waals surface area contributed by atoms with E-state index in [2.05, 4.69) is 9.97 Å². The van der Waals surface area contributed by atoms with Gasteiger partial charge in [-0.3, -0.25) is 4.79 Å². The minimum atomic E-state index is -0.639. The number of rotatable bonds is 3. The highest BCUT2D eigenvalue weighted by molar-refractivity contribution is 5.89. The Labute approximate surface area is 98.3 Å². The Morgan fingerprint density at radius 2 is 1.94 bits per heavy atom. The van der Waals surface area contributed by atoms with Gasteiger partial charge in [-0.2, -0.15) is 0 Å². The van der Waals surface area contributed by atoms with Crippen molar-refractivity contribution in [1.82, 2.24) is 9.97 Å². The number of hydrogen-bond donors (Lipinski definition) is 1. The second-order valence-electron chi connectivity index (χ2n) is 3.36. The average Bonchev–Trinajstić information content (AvgIpc) is 2.39. The van der Waals surface area contributed by atoms with Gasteiger partial charge in [-0.05, 0) is 30.3 Å². The second-order valence-corrected chi connectivity index (χ2v) is 3.36. The van der Waals surface area contributed by atoms with E-state index in [0.29, 0.717) is 5.69 Å². The molecule has 0 aliphatic rings. The quantitative estimate of drug-likeness (QED) is 0.859. The molecule has 0 saturated heterocycles. The third-order valence-corrected chi connectivity index (χ3v) is 2.26. The number of hydrogen-bond acceptors (Lipinski definition) is 4. The lowest BCUT2D eigenvalue weighted by Crippen LogP contribution is -2.15. The smallest absolute Gasteiger partial charge is 0.286 e. The molecule has 1 heterocycles. The fourth-order valence-electron chi connectivity index (χ4n) is 1.40. The predicted molar refractivity (Wildman–Crippen MR) is 62.5 cm³/mol. The van der Waals surface area contributed by atoms with Crippen LogP contribution in [-0.4, -0.2) is 23.0 Å². The molecule has 5 nitrogen and oxygen atoms in total. The predicted octanol–water partition coefficient (Wildman–Crippen LogP) is 1.25. The first kappa shape index (κ1) is 11.1. The number of amides is 1. The summed E-state index contributed by atoms with van der Waals surface area (Å²) >= 11 is 0. The third kappa shape index (κ3) is 2.39. The third-order valence-electron chi connectivity index (χ3n) is 2.26. The van der Waals surface area contributed by atoms with Gasteiger partial charge in [0.1, 0.15) is 5.75 Å². The molecule has 5 heteroatoms. The summed E-state index contributed by atoms with van der Waals surface area (Å²) in [5.74, 6) is 0.136. The van der Waals surface area contributed by atoms with Crippen LogP contribution < -0.4 is 10.5 Å². The molecule has 1 aromatic heterocycles. The highest BCUT2D eigenvalue weighted by atomic mass is 16.5. The van der Waals surface area contributed by atoms with E-state index in [-0.39, 0.29) is 5.82 Å². The largest absolute Gasteiger partial charge is 0.497 e. The molecule has 1 amide bonds. The molecular formula is C12H11N3O2. The monoisotopic (exact) mass is 229 g/mol. The molecule has 2 rings (SSSR count). The first-order chi connectivity index (χ1) is 8.20. The number of methoxy groups -OCH3 is 1. The van der Waals surface area contributed by atoms with Gasteiger partial charge < -0.3 is 10.5 Å². The molecule has 0 aliphatic carbocycles. The Balaban J connectivity index is 2.38. The normalized spacial score (nSPS) is 9.94. The lowest BCUT2D eigenvalue weighted by molar-refractivity contribution is 0.0990. The van der Waals surface area contributed by atoms with Crippen molar-refractivity contribution in [2.75, 3.05) is 7.11 Å². The number of ether oxygens (including phenoxy) is 1. The van der Waals surface area contributed by atoms with E-state index in [1.807, 2.05) is 24.3 Å². The van der Waals surface area contributed by atoms with Crippen LogP contribution in [0.3, 0.4) is 0 Å². The van der Waals surface area contributed by atoms with Crippen LogP contribution in [0.25, 0.3) is 11.3 Å². The summed E-state index contributed by atoms with van der Waals surface area (Å²) in [7, 11) is 1.60. The summed E-state index contributed by atoms with van der Waals surface area (Å²) in [6, 6.07) is 9.06. The maximum Gasteiger partial charge on any atom is 0.286 e. The molecule has 17 heavy (non-hydrogen) atoms. The van der Waals surface area contributed by atoms with E-state index >= 15 is 0 Å². The van der Waals surface area contributed by atoms with Crippen molar-refractivity contribution in [3.8, 4) is 17.0 Å². The number of carbonyl (C=O) groups is 1. The van der Waals surface area contributed by atoms with Crippen molar-refractivity contribution < 1.29 is 9.53 Å². The van der Waals surface area contributed by atoms with Gasteiger partial charge in [0.25, 0.3) is 5.91 Å². The number of carbonyl (C=O) groups excluding carboxylic acids is 1. The van der Waals surface area contributed by atoms with Crippen molar-refractivity contribution >= 4 is 5.91 Å². The van der Waals surface area contributed by atoms with Gasteiger partial charge in [-0.15, -0.1) is 0 Å². The van der Waals surface area contributed by atoms with Gasteiger partial charge in [-0.1, -0.05) is 0 Å². The Bertz CT molecular complexity index is 538. The first-order valence-corrected chi connectivity index (χ1v) is 4.98. The van der Waals surface area contributed by atoms with Gasteiger partial charge in [0.2, 0.25) is 5.82 Å². The van der Waals surface area contributed by atoms with Gasteiger partial charge in [-0.25, -0.2) is 9.97 Å². The Kier molecular flexibility index (Phi) is 3.00. The van der Waals surface area contributed by atoms with Crippen LogP contribution in [0.1, 0.15) is 10.6 Å². The zero-order chi connectivity index (χ0) is 12.3. The molecule has 86 valence electrons. The lowest BCUT2D eigenvalue weighted by Gasteiger charge is -2.03. The van der Waals surface area contributed by atoms with E-state index in [0.717, 1.165) is 11.3 Å². The molecule has 0 bridgehead atoms. The highest BCUT2D eigenvalue weighted by Crippen LogP contribution is 2.20. The Morgan fingerprint density at radius 3 is 2.53 bits per heavy atom. The first-order valence-electron chi connectivity index (χ1n) is 4.98. The van der Waals surface area contributed by atoms with Crippen LogP contribution in [0.15, 0.2) is 36.5 Å². The van der Waals surface area contributed by atoms with Crippen molar-refractivity contribution in [2.24, 2.45) is 5.73 Å². The number of aromatic nitrogens is 2. The summed E-state index contributed by atoms with van der Waals surface area (Å²) in [6.07, 6.45) is 1.51. The summed E-state index contributed by atoms with van der Waals surface area (Å²) in [6.45, 7) is 0. The van der Waals surface area contributed by atoms with Crippen LogP contribution in [-0.2, 0) is 0 Å². The van der Waals surface area contributed by atoms with Crippen molar-refractivity contribution in [1.29, 1.82) is 0 Å². The van der Waals surface area contributed by atoms with E-state index in [1.54, 1.807) is 13.2 Å². The van der Waals surface area contributed by atoms with Crippen LogP contribution in [0, 0.1) is 0 Å². The van der Waals surface area contributed by atoms with E-state index in [4.69, 9.17) is 10.5 Å². The maximum absolute atomic E-state index is 11.0. The van der Waals surface area contributed by atoms with E-state index < -0.39 is 5.91 Å². The van der Waals surface area contributed by atoms with E-state index in [1.165, 1.54) is 6.20 Å². The van der Waals surface area contributed by atoms with E-state index in [9.17, 15) is 4.79 Å². The van der Waals surface area contributed by atoms with Crippen molar-refractivity contribution in [2.45, 2.75) is 0 Å². The van der Waals surface area contributed by atoms with Crippen LogP contribution in [0.5, 0.6) is 5.75 Å². The Morgan fingerprint density at radius 1 is 1.24 bits per heavy atom. The van der Waals surface area contributed by atoms with Crippen molar-refractivity contribution in [3.05, 3.63) is 42.4 Å². The fourth-order valence-corrected chi connectivity index (χ4v) is 1.40. The summed E-state index contributed by atoms with van der Waals surface area (Å²) in [4.78, 5) is 18.8. The molecule has 2 aromatic rings. The van der Waals surface area contributed by atoms with Crippen molar-refractivity contribution in [3.63, 3.8) is 0 Å². The van der Waals surface area contributed by atoms with Crippen LogP contribution in [0.4, 0.5) is 0 Å². The summed E-state index contributed by atoms with van der Waals surface area (Å²) in [5.41, 5.74) is 6.64. The zero-order valence-electron chi connectivity index (χ0n) is 9.25.